The molecular weight excluding hydrogens is 392 g/mol. The quantitative estimate of drug-likeness (QED) is 0.460. The van der Waals surface area contributed by atoms with E-state index in [0.29, 0.717) is 19.8 Å². The van der Waals surface area contributed by atoms with Crippen molar-refractivity contribution in [3.8, 4) is 0 Å². The first-order chi connectivity index (χ1) is 15.3. The number of esters is 1. The fourth-order valence-electron chi connectivity index (χ4n) is 3.49. The fourth-order valence-corrected chi connectivity index (χ4v) is 3.49. The van der Waals surface area contributed by atoms with Crippen molar-refractivity contribution >= 4 is 5.97 Å². The van der Waals surface area contributed by atoms with E-state index in [0.717, 1.165) is 16.7 Å². The van der Waals surface area contributed by atoms with E-state index in [1.54, 1.807) is 0 Å². The molecule has 0 aromatic heterocycles. The highest BCUT2D eigenvalue weighted by Gasteiger charge is 2.46. The summed E-state index contributed by atoms with van der Waals surface area (Å²) in [6.07, 6.45) is -1.87. The molecule has 0 bridgehead atoms. The van der Waals surface area contributed by atoms with Gasteiger partial charge >= 0.3 is 5.97 Å². The zero-order valence-electron chi connectivity index (χ0n) is 17.3. The van der Waals surface area contributed by atoms with Crippen LogP contribution in [0.1, 0.15) is 16.7 Å². The van der Waals surface area contributed by atoms with E-state index in [1.807, 2.05) is 91.0 Å². The van der Waals surface area contributed by atoms with E-state index in [9.17, 15) is 4.79 Å². The number of cyclic esters (lactones) is 1. The number of hydrogen-bond acceptors (Lipinski definition) is 5. The van der Waals surface area contributed by atoms with E-state index in [-0.39, 0.29) is 6.61 Å². The Hall–Kier alpha value is -2.99. The van der Waals surface area contributed by atoms with Crippen LogP contribution in [0.15, 0.2) is 91.0 Å². The van der Waals surface area contributed by atoms with Crippen LogP contribution in [-0.4, -0.2) is 30.9 Å². The zero-order valence-corrected chi connectivity index (χ0v) is 17.3. The lowest BCUT2D eigenvalue weighted by atomic mass is 10.1. The van der Waals surface area contributed by atoms with Crippen molar-refractivity contribution in [3.63, 3.8) is 0 Å². The Morgan fingerprint density at radius 3 is 1.68 bits per heavy atom. The number of ether oxygens (including phenoxy) is 4. The molecule has 0 saturated carbocycles. The Morgan fingerprint density at radius 2 is 1.13 bits per heavy atom. The average molecular weight is 418 g/mol. The number of carbonyl (C=O) groups is 1. The number of rotatable bonds is 10. The minimum Gasteiger partial charge on any atom is -0.455 e. The minimum absolute atomic E-state index is 0.241. The van der Waals surface area contributed by atoms with Crippen LogP contribution in [0.25, 0.3) is 0 Å². The molecule has 3 aromatic rings. The summed E-state index contributed by atoms with van der Waals surface area (Å²) in [6, 6.07) is 29.5. The maximum atomic E-state index is 12.6. The van der Waals surface area contributed by atoms with E-state index in [2.05, 4.69) is 0 Å². The zero-order chi connectivity index (χ0) is 21.3. The summed E-state index contributed by atoms with van der Waals surface area (Å²) >= 11 is 0. The summed E-state index contributed by atoms with van der Waals surface area (Å²) in [5.74, 6) is -0.415. The van der Waals surface area contributed by atoms with Crippen LogP contribution >= 0.6 is 0 Å². The second-order valence-corrected chi connectivity index (χ2v) is 7.45. The lowest BCUT2D eigenvalue weighted by Crippen LogP contribution is -2.38. The Morgan fingerprint density at radius 1 is 0.645 bits per heavy atom. The van der Waals surface area contributed by atoms with Gasteiger partial charge in [-0.25, -0.2) is 4.79 Å². The number of benzene rings is 3. The predicted octanol–water partition coefficient (Wildman–Crippen LogP) is 4.30. The standard InChI is InChI=1S/C26H26O5/c27-26-25(30-18-22-14-8-3-9-15-22)24(29-17-21-12-6-2-7-13-21)23(31-26)19-28-16-20-10-4-1-5-11-20/h1-15,23-25H,16-19H2/t23-,24+,25?/m1/s1. The molecule has 160 valence electrons. The summed E-state index contributed by atoms with van der Waals surface area (Å²) in [6.45, 7) is 1.35. The summed E-state index contributed by atoms with van der Waals surface area (Å²) in [5.41, 5.74) is 3.07. The maximum absolute atomic E-state index is 12.6. The van der Waals surface area contributed by atoms with Crippen LogP contribution in [0.3, 0.4) is 0 Å². The Labute approximate surface area is 182 Å². The van der Waals surface area contributed by atoms with Crippen molar-refractivity contribution in [1.29, 1.82) is 0 Å². The van der Waals surface area contributed by atoms with E-state index in [4.69, 9.17) is 18.9 Å². The van der Waals surface area contributed by atoms with Crippen molar-refractivity contribution < 1.29 is 23.7 Å². The van der Waals surface area contributed by atoms with Gasteiger partial charge in [-0.2, -0.15) is 0 Å². The van der Waals surface area contributed by atoms with Crippen LogP contribution in [0.2, 0.25) is 0 Å². The van der Waals surface area contributed by atoms with Gasteiger partial charge in [0, 0.05) is 0 Å². The molecule has 3 aromatic carbocycles. The van der Waals surface area contributed by atoms with Gasteiger partial charge in [0.05, 0.1) is 26.4 Å². The molecule has 0 radical (unpaired) electrons. The molecule has 1 aliphatic rings. The Bertz CT molecular complexity index is 930. The van der Waals surface area contributed by atoms with Crippen LogP contribution in [-0.2, 0) is 43.6 Å². The third-order valence-electron chi connectivity index (χ3n) is 5.12. The molecule has 1 heterocycles. The smallest absolute Gasteiger partial charge is 0.338 e. The Kier molecular flexibility index (Phi) is 7.45. The van der Waals surface area contributed by atoms with Crippen molar-refractivity contribution in [2.24, 2.45) is 0 Å². The van der Waals surface area contributed by atoms with Gasteiger partial charge in [-0.3, -0.25) is 0 Å². The minimum atomic E-state index is -0.797. The topological polar surface area (TPSA) is 54.0 Å². The monoisotopic (exact) mass is 418 g/mol. The molecule has 0 N–H and O–H groups in total. The van der Waals surface area contributed by atoms with Crippen molar-refractivity contribution in [2.45, 2.75) is 38.1 Å². The van der Waals surface area contributed by atoms with Gasteiger partial charge in [0.25, 0.3) is 0 Å². The van der Waals surface area contributed by atoms with Gasteiger partial charge in [0.15, 0.2) is 12.2 Å². The lowest BCUT2D eigenvalue weighted by Gasteiger charge is -2.22. The van der Waals surface area contributed by atoms with Gasteiger partial charge in [-0.15, -0.1) is 0 Å². The lowest BCUT2D eigenvalue weighted by molar-refractivity contribution is -0.152. The van der Waals surface area contributed by atoms with Gasteiger partial charge in [0.1, 0.15) is 6.10 Å². The molecule has 1 aliphatic heterocycles. The molecule has 0 amide bonds. The van der Waals surface area contributed by atoms with Crippen LogP contribution in [0, 0.1) is 0 Å². The molecule has 0 aliphatic carbocycles. The molecule has 1 unspecified atom stereocenters. The van der Waals surface area contributed by atoms with Crippen LogP contribution in [0.4, 0.5) is 0 Å². The molecule has 4 rings (SSSR count). The Balaban J connectivity index is 1.40. The highest BCUT2D eigenvalue weighted by atomic mass is 16.6. The summed E-state index contributed by atoms with van der Waals surface area (Å²) < 4.78 is 23.5. The average Bonchev–Trinajstić information content (AvgIpc) is 3.12. The highest BCUT2D eigenvalue weighted by molar-refractivity contribution is 5.78. The van der Waals surface area contributed by atoms with E-state index < -0.39 is 24.3 Å². The van der Waals surface area contributed by atoms with Crippen molar-refractivity contribution in [2.75, 3.05) is 6.61 Å². The van der Waals surface area contributed by atoms with Gasteiger partial charge in [0.2, 0.25) is 0 Å². The molecule has 0 spiro atoms. The SMILES string of the molecule is O=C1O[C@H](COCc2ccccc2)[C@H](OCc2ccccc2)C1OCc1ccccc1. The van der Waals surface area contributed by atoms with Gasteiger partial charge in [-0.05, 0) is 16.7 Å². The molecule has 5 heteroatoms. The fraction of sp³-hybridized carbons (Fsp3) is 0.269. The summed E-state index contributed by atoms with van der Waals surface area (Å²) in [7, 11) is 0. The second kappa shape index (κ2) is 10.9. The third kappa shape index (κ3) is 6.01. The number of carbonyl (C=O) groups excluding carboxylic acids is 1. The first-order valence-electron chi connectivity index (χ1n) is 10.4. The van der Waals surface area contributed by atoms with E-state index in [1.165, 1.54) is 0 Å². The molecule has 5 nitrogen and oxygen atoms in total. The number of hydrogen-bond donors (Lipinski definition) is 0. The first kappa shape index (κ1) is 21.2. The maximum Gasteiger partial charge on any atom is 0.338 e. The highest BCUT2D eigenvalue weighted by Crippen LogP contribution is 2.25. The molecule has 1 fully saturated rings. The summed E-state index contributed by atoms with van der Waals surface area (Å²) in [4.78, 5) is 12.6. The first-order valence-corrected chi connectivity index (χ1v) is 10.4. The van der Waals surface area contributed by atoms with E-state index >= 15 is 0 Å². The third-order valence-corrected chi connectivity index (χ3v) is 5.12. The predicted molar refractivity (Wildman–Crippen MR) is 116 cm³/mol. The van der Waals surface area contributed by atoms with Crippen molar-refractivity contribution in [1.82, 2.24) is 0 Å². The molecule has 31 heavy (non-hydrogen) atoms. The normalized spacial score (nSPS) is 20.5. The van der Waals surface area contributed by atoms with Crippen molar-refractivity contribution in [3.05, 3.63) is 108 Å². The van der Waals surface area contributed by atoms with Gasteiger partial charge < -0.3 is 18.9 Å². The molecular formula is C26H26O5. The second-order valence-electron chi connectivity index (χ2n) is 7.45. The molecule has 1 saturated heterocycles. The largest absolute Gasteiger partial charge is 0.455 e. The van der Waals surface area contributed by atoms with Crippen LogP contribution in [0.5, 0.6) is 0 Å². The van der Waals surface area contributed by atoms with Gasteiger partial charge in [-0.1, -0.05) is 91.0 Å². The summed E-state index contributed by atoms with van der Waals surface area (Å²) in [5, 5.41) is 0. The molecule has 3 atom stereocenters. The van der Waals surface area contributed by atoms with Crippen LogP contribution < -0.4 is 0 Å².